The molecular formula is C28H35N7O. The van der Waals surface area contributed by atoms with Crippen LogP contribution in [0.25, 0.3) is 5.57 Å². The summed E-state index contributed by atoms with van der Waals surface area (Å²) in [5.41, 5.74) is 8.40. The molecule has 2 aromatic heterocycles. The van der Waals surface area contributed by atoms with E-state index in [0.717, 1.165) is 83.3 Å². The molecule has 1 atom stereocenters. The maximum atomic E-state index is 13.1. The molecule has 0 spiro atoms. The minimum absolute atomic E-state index is 0.0498. The fraction of sp³-hybridized carbons (Fsp3) is 0.429. The first-order valence-corrected chi connectivity index (χ1v) is 12.7. The number of nitrogens with zero attached hydrogens (tertiary/aromatic N) is 6. The lowest BCUT2D eigenvalue weighted by Crippen LogP contribution is -2.51. The summed E-state index contributed by atoms with van der Waals surface area (Å²) in [6.07, 6.45) is 7.57. The molecule has 36 heavy (non-hydrogen) atoms. The lowest BCUT2D eigenvalue weighted by atomic mass is 9.99. The minimum Gasteiger partial charge on any atom is -0.324 e. The molecular weight excluding hydrogens is 450 g/mol. The summed E-state index contributed by atoms with van der Waals surface area (Å²) in [6.45, 7) is 9.88. The molecule has 188 valence electrons. The molecule has 1 saturated heterocycles. The Hall–Kier alpha value is -3.36. The van der Waals surface area contributed by atoms with Gasteiger partial charge in [-0.15, -0.1) is 0 Å². The molecule has 1 aliphatic carbocycles. The van der Waals surface area contributed by atoms with Crippen molar-refractivity contribution in [2.45, 2.75) is 39.7 Å². The van der Waals surface area contributed by atoms with E-state index in [1.807, 2.05) is 50.1 Å². The van der Waals surface area contributed by atoms with Gasteiger partial charge in [-0.1, -0.05) is 18.2 Å². The Morgan fingerprint density at radius 3 is 2.64 bits per heavy atom. The van der Waals surface area contributed by atoms with Crippen molar-refractivity contribution in [1.82, 2.24) is 29.5 Å². The Morgan fingerprint density at radius 2 is 1.92 bits per heavy atom. The monoisotopic (exact) mass is 485 g/mol. The SMILES string of the molecule is Cc1cnc(Cc2cn(C)nc2C)nc1C1=CCc2c(NC(=O)[C@@H](C)N3CCN(C)CC3)cccc21. The van der Waals surface area contributed by atoms with Crippen molar-refractivity contribution >= 4 is 17.2 Å². The predicted molar refractivity (Wildman–Crippen MR) is 142 cm³/mol. The van der Waals surface area contributed by atoms with Crippen LogP contribution in [-0.4, -0.2) is 74.7 Å². The number of allylic oxidation sites excluding steroid dienone is 1. The fourth-order valence-electron chi connectivity index (χ4n) is 5.16. The number of hydrogen-bond acceptors (Lipinski definition) is 6. The molecule has 1 fully saturated rings. The number of rotatable bonds is 6. The van der Waals surface area contributed by atoms with Gasteiger partial charge in [0.2, 0.25) is 5.91 Å². The summed E-state index contributed by atoms with van der Waals surface area (Å²) >= 11 is 0. The molecule has 0 saturated carbocycles. The highest BCUT2D eigenvalue weighted by Gasteiger charge is 2.27. The van der Waals surface area contributed by atoms with Gasteiger partial charge >= 0.3 is 0 Å². The standard InChI is InChI=1S/C28H35N7O/c1-18-16-29-26(15-21-17-34(5)32-19(21)2)31-27(18)24-10-9-23-22(24)7-6-8-25(23)30-28(36)20(3)35-13-11-33(4)12-14-35/h6-8,10,16-17,20H,9,11-15H2,1-5H3,(H,30,36)/t20-/m1/s1. The number of amides is 1. The zero-order valence-electron chi connectivity index (χ0n) is 21.9. The number of carbonyl (C=O) groups is 1. The molecule has 1 amide bonds. The van der Waals surface area contributed by atoms with Crippen LogP contribution in [0.5, 0.6) is 0 Å². The van der Waals surface area contributed by atoms with Crippen LogP contribution in [0.4, 0.5) is 5.69 Å². The Balaban J connectivity index is 1.36. The van der Waals surface area contributed by atoms with Crippen molar-refractivity contribution in [3.8, 4) is 0 Å². The quantitative estimate of drug-likeness (QED) is 0.578. The number of benzene rings is 1. The second-order valence-electron chi connectivity index (χ2n) is 10.1. The maximum absolute atomic E-state index is 13.1. The summed E-state index contributed by atoms with van der Waals surface area (Å²) < 4.78 is 1.83. The van der Waals surface area contributed by atoms with E-state index in [0.29, 0.717) is 6.42 Å². The number of carbonyl (C=O) groups excluding carboxylic acids is 1. The summed E-state index contributed by atoms with van der Waals surface area (Å²) in [7, 11) is 4.06. The van der Waals surface area contributed by atoms with E-state index in [1.165, 1.54) is 0 Å². The van der Waals surface area contributed by atoms with Gasteiger partial charge in [-0.2, -0.15) is 5.10 Å². The Labute approximate surface area is 213 Å². The number of nitrogens with one attached hydrogen (secondary N) is 1. The van der Waals surface area contributed by atoms with Crippen LogP contribution in [0.2, 0.25) is 0 Å². The van der Waals surface area contributed by atoms with Gasteiger partial charge < -0.3 is 10.2 Å². The van der Waals surface area contributed by atoms with Crippen molar-refractivity contribution in [1.29, 1.82) is 0 Å². The molecule has 0 unspecified atom stereocenters. The minimum atomic E-state index is -0.161. The molecule has 1 aromatic carbocycles. The zero-order chi connectivity index (χ0) is 25.4. The zero-order valence-corrected chi connectivity index (χ0v) is 21.9. The number of aromatic nitrogens is 4. The number of anilines is 1. The topological polar surface area (TPSA) is 79.2 Å². The molecule has 2 aliphatic rings. The second-order valence-corrected chi connectivity index (χ2v) is 10.1. The van der Waals surface area contributed by atoms with E-state index in [9.17, 15) is 4.79 Å². The summed E-state index contributed by atoms with van der Waals surface area (Å²) in [5, 5.41) is 7.66. The smallest absolute Gasteiger partial charge is 0.241 e. The van der Waals surface area contributed by atoms with E-state index in [4.69, 9.17) is 4.98 Å². The normalized spacial score (nSPS) is 17.1. The van der Waals surface area contributed by atoms with Crippen LogP contribution < -0.4 is 5.32 Å². The molecule has 3 heterocycles. The fourth-order valence-corrected chi connectivity index (χ4v) is 5.16. The number of hydrogen-bond donors (Lipinski definition) is 1. The van der Waals surface area contributed by atoms with Gasteiger partial charge in [0.1, 0.15) is 5.82 Å². The lowest BCUT2D eigenvalue weighted by molar-refractivity contribution is -0.121. The lowest BCUT2D eigenvalue weighted by Gasteiger charge is -2.35. The van der Waals surface area contributed by atoms with Gasteiger partial charge in [0, 0.05) is 68.9 Å². The molecule has 8 nitrogen and oxygen atoms in total. The summed E-state index contributed by atoms with van der Waals surface area (Å²) in [6, 6.07) is 5.99. The van der Waals surface area contributed by atoms with Gasteiger partial charge in [0.25, 0.3) is 0 Å². The van der Waals surface area contributed by atoms with Crippen molar-refractivity contribution in [3.05, 3.63) is 76.1 Å². The van der Waals surface area contributed by atoms with Gasteiger partial charge in [-0.05, 0) is 57.0 Å². The van der Waals surface area contributed by atoms with Crippen LogP contribution in [0, 0.1) is 13.8 Å². The van der Waals surface area contributed by atoms with Crippen LogP contribution in [0.15, 0.2) is 36.7 Å². The van der Waals surface area contributed by atoms with E-state index < -0.39 is 0 Å². The van der Waals surface area contributed by atoms with E-state index in [1.54, 1.807) is 0 Å². The van der Waals surface area contributed by atoms with Crippen LogP contribution in [0.3, 0.4) is 0 Å². The van der Waals surface area contributed by atoms with Crippen molar-refractivity contribution in [2.24, 2.45) is 7.05 Å². The highest BCUT2D eigenvalue weighted by molar-refractivity contribution is 5.97. The van der Waals surface area contributed by atoms with Gasteiger partial charge in [0.05, 0.1) is 17.4 Å². The number of aryl methyl sites for hydroxylation is 3. The summed E-state index contributed by atoms with van der Waals surface area (Å²) in [5.74, 6) is 0.834. The molecule has 3 aromatic rings. The van der Waals surface area contributed by atoms with Gasteiger partial charge in [-0.25, -0.2) is 9.97 Å². The summed E-state index contributed by atoms with van der Waals surface area (Å²) in [4.78, 5) is 27.3. The van der Waals surface area contributed by atoms with E-state index >= 15 is 0 Å². The molecule has 0 radical (unpaired) electrons. The van der Waals surface area contributed by atoms with Crippen LogP contribution in [0.1, 0.15) is 46.4 Å². The maximum Gasteiger partial charge on any atom is 0.241 e. The van der Waals surface area contributed by atoms with Gasteiger partial charge in [0.15, 0.2) is 0 Å². The average molecular weight is 486 g/mol. The van der Waals surface area contributed by atoms with E-state index in [2.05, 4.69) is 51.3 Å². The molecule has 8 heteroatoms. The third-order valence-corrected chi connectivity index (χ3v) is 7.44. The molecule has 0 bridgehead atoms. The van der Waals surface area contributed by atoms with Crippen LogP contribution in [-0.2, 0) is 24.7 Å². The average Bonchev–Trinajstić information content (AvgIpc) is 3.43. The van der Waals surface area contributed by atoms with Gasteiger partial charge in [-0.3, -0.25) is 14.4 Å². The third-order valence-electron chi connectivity index (χ3n) is 7.44. The Kier molecular flexibility index (Phi) is 6.73. The van der Waals surface area contributed by atoms with Crippen molar-refractivity contribution in [3.63, 3.8) is 0 Å². The molecule has 5 rings (SSSR count). The molecule has 1 aliphatic heterocycles. The Morgan fingerprint density at radius 1 is 1.14 bits per heavy atom. The van der Waals surface area contributed by atoms with E-state index in [-0.39, 0.29) is 11.9 Å². The first-order valence-electron chi connectivity index (χ1n) is 12.7. The largest absolute Gasteiger partial charge is 0.324 e. The van der Waals surface area contributed by atoms with Crippen molar-refractivity contribution in [2.75, 3.05) is 38.5 Å². The Bertz CT molecular complexity index is 1320. The highest BCUT2D eigenvalue weighted by atomic mass is 16.2. The first kappa shape index (κ1) is 24.3. The second kappa shape index (κ2) is 9.95. The number of likely N-dealkylation sites (N-methyl/N-ethyl adjacent to an activating group) is 1. The number of piperazine rings is 1. The number of fused-ring (bicyclic) bond motifs is 1. The first-order chi connectivity index (χ1) is 17.3. The van der Waals surface area contributed by atoms with Crippen LogP contribution >= 0.6 is 0 Å². The molecule has 1 N–H and O–H groups in total. The van der Waals surface area contributed by atoms with Crippen molar-refractivity contribution < 1.29 is 4.79 Å². The predicted octanol–water partition coefficient (Wildman–Crippen LogP) is 2.98. The third kappa shape index (κ3) is 4.83. The highest BCUT2D eigenvalue weighted by Crippen LogP contribution is 2.37.